The van der Waals surface area contributed by atoms with E-state index in [2.05, 4.69) is 0 Å². The molecule has 0 spiro atoms. The van der Waals surface area contributed by atoms with Crippen molar-refractivity contribution in [2.75, 3.05) is 6.61 Å². The minimum atomic E-state index is -4.51. The Morgan fingerprint density at radius 3 is 2.21 bits per heavy atom. The summed E-state index contributed by atoms with van der Waals surface area (Å²) >= 11 is 1.21. The normalized spacial score (nSPS) is 11.3. The van der Waals surface area contributed by atoms with E-state index in [1.165, 1.54) is 30.0 Å². The summed E-state index contributed by atoms with van der Waals surface area (Å²) < 4.78 is 58.5. The molecule has 5 nitrogen and oxygen atoms in total. The molecule has 0 aromatic heterocycles. The molecule has 0 radical (unpaired) electrons. The summed E-state index contributed by atoms with van der Waals surface area (Å²) in [6.45, 7) is 1.23. The molecule has 3 aromatic carbocycles. The van der Waals surface area contributed by atoms with Crippen LogP contribution in [0.15, 0.2) is 59.5 Å². The Kier molecular flexibility index (Phi) is 7.51. The number of carboxylic acid groups (broad SMARTS) is 2. The summed E-state index contributed by atoms with van der Waals surface area (Å²) in [4.78, 5) is 22.9. The highest BCUT2D eigenvalue weighted by Gasteiger charge is 2.30. The van der Waals surface area contributed by atoms with Crippen molar-refractivity contribution < 1.29 is 42.1 Å². The van der Waals surface area contributed by atoms with Crippen molar-refractivity contribution >= 4 is 23.7 Å². The first kappa shape index (κ1) is 25.1. The Hall–Kier alpha value is -3.53. The molecule has 178 valence electrons. The largest absolute Gasteiger partial charge is 0.482 e. The van der Waals surface area contributed by atoms with Gasteiger partial charge in [-0.2, -0.15) is 13.2 Å². The molecule has 0 atom stereocenters. The minimum absolute atomic E-state index is 0.0510. The van der Waals surface area contributed by atoms with Crippen LogP contribution in [-0.4, -0.2) is 28.8 Å². The van der Waals surface area contributed by atoms with E-state index in [4.69, 9.17) is 9.84 Å². The summed E-state index contributed by atoms with van der Waals surface area (Å²) in [5.41, 5.74) is -0.102. The standard InChI is InChI=1S/C24H18F4O5S/c1-13-8-18(6-7-20(13)33-11-21(29)30)34-12-16-9-15(10-19(22(16)25)23(31)32)14-2-4-17(5-3-14)24(26,27)28/h2-10H,11-12H2,1H3,(H,29,30)(H,31,32). The first-order valence-corrected chi connectivity index (χ1v) is 10.8. The SMILES string of the molecule is Cc1cc(SCc2cc(-c3ccc(C(F)(F)F)cc3)cc(C(=O)O)c2F)ccc1OCC(=O)O. The molecule has 0 aliphatic heterocycles. The van der Waals surface area contributed by atoms with Gasteiger partial charge in [-0.1, -0.05) is 12.1 Å². The van der Waals surface area contributed by atoms with Crippen LogP contribution in [0.2, 0.25) is 0 Å². The number of ether oxygens (including phenoxy) is 1. The molecule has 2 N–H and O–H groups in total. The molecule has 34 heavy (non-hydrogen) atoms. The molecule has 0 amide bonds. The first-order valence-electron chi connectivity index (χ1n) is 9.77. The predicted octanol–water partition coefficient (Wildman–Crippen LogP) is 6.27. The van der Waals surface area contributed by atoms with Crippen molar-refractivity contribution in [1.29, 1.82) is 0 Å². The lowest BCUT2D eigenvalue weighted by molar-refractivity contribution is -0.139. The van der Waals surface area contributed by atoms with Crippen LogP contribution in [0, 0.1) is 12.7 Å². The lowest BCUT2D eigenvalue weighted by atomic mass is 9.98. The van der Waals surface area contributed by atoms with Gasteiger partial charge in [0.2, 0.25) is 0 Å². The van der Waals surface area contributed by atoms with Gasteiger partial charge in [0.15, 0.2) is 6.61 Å². The zero-order valence-electron chi connectivity index (χ0n) is 17.6. The Balaban J connectivity index is 1.87. The van der Waals surface area contributed by atoms with Gasteiger partial charge in [0, 0.05) is 10.6 Å². The Bertz CT molecular complexity index is 1220. The maximum absolute atomic E-state index is 14.8. The average molecular weight is 494 g/mol. The molecular weight excluding hydrogens is 476 g/mol. The summed E-state index contributed by atoms with van der Waals surface area (Å²) in [5, 5.41) is 18.1. The third kappa shape index (κ3) is 6.07. The monoisotopic (exact) mass is 494 g/mol. The van der Waals surface area contributed by atoms with E-state index < -0.39 is 41.7 Å². The fourth-order valence-corrected chi connectivity index (χ4v) is 4.09. The molecule has 3 aromatic rings. The number of halogens is 4. The smallest absolute Gasteiger partial charge is 0.416 e. The maximum Gasteiger partial charge on any atom is 0.416 e. The predicted molar refractivity (Wildman–Crippen MR) is 118 cm³/mol. The maximum atomic E-state index is 14.8. The first-order chi connectivity index (χ1) is 16.0. The van der Waals surface area contributed by atoms with Gasteiger partial charge in [-0.15, -0.1) is 11.8 Å². The fraction of sp³-hybridized carbons (Fsp3) is 0.167. The van der Waals surface area contributed by atoms with Crippen molar-refractivity contribution in [3.05, 3.63) is 82.7 Å². The number of aryl methyl sites for hydroxylation is 1. The topological polar surface area (TPSA) is 83.8 Å². The molecule has 0 saturated heterocycles. The van der Waals surface area contributed by atoms with E-state index in [0.29, 0.717) is 21.8 Å². The zero-order valence-corrected chi connectivity index (χ0v) is 18.5. The third-order valence-corrected chi connectivity index (χ3v) is 5.86. The Morgan fingerprint density at radius 1 is 0.971 bits per heavy atom. The van der Waals surface area contributed by atoms with Gasteiger partial charge in [0.25, 0.3) is 0 Å². The summed E-state index contributed by atoms with van der Waals surface area (Å²) in [7, 11) is 0. The van der Waals surface area contributed by atoms with E-state index in [1.54, 1.807) is 25.1 Å². The number of aliphatic carboxylic acids is 1. The van der Waals surface area contributed by atoms with Crippen LogP contribution in [0.25, 0.3) is 11.1 Å². The van der Waals surface area contributed by atoms with Gasteiger partial charge in [-0.25, -0.2) is 14.0 Å². The molecule has 0 heterocycles. The third-order valence-electron chi connectivity index (χ3n) is 4.82. The van der Waals surface area contributed by atoms with Gasteiger partial charge < -0.3 is 14.9 Å². The number of hydrogen-bond acceptors (Lipinski definition) is 4. The van der Waals surface area contributed by atoms with Crippen LogP contribution in [0.1, 0.15) is 27.0 Å². The Labute approximate surface area is 196 Å². The minimum Gasteiger partial charge on any atom is -0.482 e. The molecule has 0 aliphatic rings. The van der Waals surface area contributed by atoms with Crippen molar-refractivity contribution in [3.63, 3.8) is 0 Å². The van der Waals surface area contributed by atoms with Crippen LogP contribution in [0.3, 0.4) is 0 Å². The molecule has 0 saturated carbocycles. The van der Waals surface area contributed by atoms with E-state index in [9.17, 15) is 32.3 Å². The van der Waals surface area contributed by atoms with Gasteiger partial charge >= 0.3 is 18.1 Å². The van der Waals surface area contributed by atoms with E-state index in [0.717, 1.165) is 18.2 Å². The highest BCUT2D eigenvalue weighted by atomic mass is 32.2. The lowest BCUT2D eigenvalue weighted by Crippen LogP contribution is -2.10. The lowest BCUT2D eigenvalue weighted by Gasteiger charge is -2.12. The number of carbonyl (C=O) groups is 2. The molecule has 10 heteroatoms. The zero-order chi connectivity index (χ0) is 25.0. The van der Waals surface area contributed by atoms with Gasteiger partial charge in [-0.05, 0) is 71.6 Å². The summed E-state index contributed by atoms with van der Waals surface area (Å²) in [5.74, 6) is -3.09. The van der Waals surface area contributed by atoms with Crippen LogP contribution in [0.4, 0.5) is 17.6 Å². The van der Waals surface area contributed by atoms with Crippen molar-refractivity contribution in [2.45, 2.75) is 23.7 Å². The summed E-state index contributed by atoms with van der Waals surface area (Å²) in [6, 6.07) is 11.6. The number of hydrogen-bond donors (Lipinski definition) is 2. The highest BCUT2D eigenvalue weighted by Crippen LogP contribution is 2.34. The molecule has 0 bridgehead atoms. The van der Waals surface area contributed by atoms with Crippen molar-refractivity contribution in [1.82, 2.24) is 0 Å². The highest BCUT2D eigenvalue weighted by molar-refractivity contribution is 7.98. The molecule has 0 aliphatic carbocycles. The van der Waals surface area contributed by atoms with Crippen LogP contribution >= 0.6 is 11.8 Å². The molecule has 0 unspecified atom stereocenters. The number of carboxylic acids is 2. The molecule has 3 rings (SSSR count). The molecule has 0 fully saturated rings. The van der Waals surface area contributed by atoms with Crippen LogP contribution in [0.5, 0.6) is 5.75 Å². The van der Waals surface area contributed by atoms with Crippen LogP contribution in [-0.2, 0) is 16.7 Å². The number of rotatable bonds is 8. The number of benzene rings is 3. The number of thioether (sulfide) groups is 1. The van der Waals surface area contributed by atoms with Crippen molar-refractivity contribution in [2.24, 2.45) is 0 Å². The van der Waals surface area contributed by atoms with E-state index in [-0.39, 0.29) is 16.9 Å². The number of aromatic carboxylic acids is 1. The second-order valence-corrected chi connectivity index (χ2v) is 8.32. The van der Waals surface area contributed by atoms with Gasteiger partial charge in [0.1, 0.15) is 11.6 Å². The quantitative estimate of drug-likeness (QED) is 0.284. The van der Waals surface area contributed by atoms with Gasteiger partial charge in [0.05, 0.1) is 11.1 Å². The second-order valence-electron chi connectivity index (χ2n) is 7.28. The van der Waals surface area contributed by atoms with Crippen molar-refractivity contribution in [3.8, 4) is 16.9 Å². The molecular formula is C24H18F4O5S. The van der Waals surface area contributed by atoms with Gasteiger partial charge in [-0.3, -0.25) is 0 Å². The van der Waals surface area contributed by atoms with Crippen LogP contribution < -0.4 is 4.74 Å². The average Bonchev–Trinajstić information content (AvgIpc) is 2.77. The summed E-state index contributed by atoms with van der Waals surface area (Å²) in [6.07, 6.45) is -4.51. The van der Waals surface area contributed by atoms with E-state index in [1.807, 2.05) is 0 Å². The Morgan fingerprint density at radius 2 is 1.65 bits per heavy atom. The fourth-order valence-electron chi connectivity index (χ4n) is 3.14. The second kappa shape index (κ2) is 10.2. The van der Waals surface area contributed by atoms with E-state index >= 15 is 0 Å². The number of alkyl halides is 3.